The molecule has 1 aromatic carbocycles. The third-order valence-electron chi connectivity index (χ3n) is 4.30. The second kappa shape index (κ2) is 6.50. The van der Waals surface area contributed by atoms with Crippen LogP contribution in [0, 0.1) is 5.82 Å². The number of carbonyl (C=O) groups excluding carboxylic acids is 1. The average molecular weight is 316 g/mol. The normalized spacial score (nSPS) is 19.6. The summed E-state index contributed by atoms with van der Waals surface area (Å²) in [6.45, 7) is 2.64. The Morgan fingerprint density at radius 3 is 2.96 bits per heavy atom. The number of carbonyl (C=O) groups is 1. The minimum Gasteiger partial charge on any atom is -0.333 e. The Bertz CT molecular complexity index is 697. The van der Waals surface area contributed by atoms with Gasteiger partial charge in [-0.1, -0.05) is 6.07 Å². The van der Waals surface area contributed by atoms with Gasteiger partial charge in [-0.05, 0) is 50.5 Å². The number of nitrogens with zero attached hydrogens (tertiary/aromatic N) is 3. The molecule has 0 bridgehead atoms. The third-order valence-corrected chi connectivity index (χ3v) is 4.30. The molecular formula is C17H21FN4O. The zero-order valence-corrected chi connectivity index (χ0v) is 13.2. The number of amides is 1. The molecule has 1 aliphatic rings. The van der Waals surface area contributed by atoms with Crippen LogP contribution in [0.3, 0.4) is 0 Å². The van der Waals surface area contributed by atoms with Crippen molar-refractivity contribution in [3.05, 3.63) is 48.0 Å². The highest BCUT2D eigenvalue weighted by Gasteiger charge is 2.30. The van der Waals surface area contributed by atoms with E-state index in [1.807, 2.05) is 11.8 Å². The molecule has 2 atom stereocenters. The fourth-order valence-electron chi connectivity index (χ4n) is 3.10. The van der Waals surface area contributed by atoms with Gasteiger partial charge in [0.2, 0.25) is 0 Å². The molecule has 1 fully saturated rings. The van der Waals surface area contributed by atoms with E-state index in [0.29, 0.717) is 17.9 Å². The molecule has 0 aliphatic carbocycles. The van der Waals surface area contributed by atoms with E-state index in [1.54, 1.807) is 24.4 Å². The van der Waals surface area contributed by atoms with Crippen LogP contribution in [-0.4, -0.2) is 39.2 Å². The topological polar surface area (TPSA) is 64.2 Å². The molecule has 122 valence electrons. The molecule has 0 radical (unpaired) electrons. The molecule has 6 heteroatoms. The molecule has 1 saturated heterocycles. The molecule has 2 heterocycles. The van der Waals surface area contributed by atoms with Crippen molar-refractivity contribution in [3.63, 3.8) is 0 Å². The fourth-order valence-corrected chi connectivity index (χ4v) is 3.10. The second-order valence-corrected chi connectivity index (χ2v) is 6.05. The van der Waals surface area contributed by atoms with Gasteiger partial charge in [0.1, 0.15) is 5.82 Å². The van der Waals surface area contributed by atoms with Crippen molar-refractivity contribution in [2.45, 2.75) is 38.3 Å². The highest BCUT2D eigenvalue weighted by molar-refractivity contribution is 5.92. The summed E-state index contributed by atoms with van der Waals surface area (Å²) in [6, 6.07) is 7.77. The molecule has 0 spiro atoms. The van der Waals surface area contributed by atoms with Crippen molar-refractivity contribution in [1.82, 2.24) is 14.7 Å². The fraction of sp³-hybridized carbons (Fsp3) is 0.412. The highest BCUT2D eigenvalue weighted by Crippen LogP contribution is 2.21. The van der Waals surface area contributed by atoms with Crippen LogP contribution in [0.4, 0.5) is 4.39 Å². The molecule has 0 saturated carbocycles. The van der Waals surface area contributed by atoms with E-state index in [-0.39, 0.29) is 23.8 Å². The second-order valence-electron chi connectivity index (χ2n) is 6.05. The number of piperidine rings is 1. The lowest BCUT2D eigenvalue weighted by molar-refractivity contribution is 0.0577. The summed E-state index contributed by atoms with van der Waals surface area (Å²) in [4.78, 5) is 14.6. The van der Waals surface area contributed by atoms with Crippen molar-refractivity contribution >= 4 is 5.91 Å². The van der Waals surface area contributed by atoms with E-state index >= 15 is 0 Å². The van der Waals surface area contributed by atoms with Gasteiger partial charge >= 0.3 is 0 Å². The molecule has 23 heavy (non-hydrogen) atoms. The van der Waals surface area contributed by atoms with Crippen molar-refractivity contribution in [2.24, 2.45) is 5.73 Å². The van der Waals surface area contributed by atoms with E-state index in [0.717, 1.165) is 19.3 Å². The van der Waals surface area contributed by atoms with Crippen LogP contribution in [0.5, 0.6) is 0 Å². The zero-order valence-electron chi connectivity index (χ0n) is 13.2. The number of halogens is 1. The summed E-state index contributed by atoms with van der Waals surface area (Å²) in [5.74, 6) is -0.443. The standard InChI is InChI=1S/C17H21FN4O/c1-12(19)16-7-2-3-9-21(16)17(23)15-8-10-22(20-15)14-6-4-5-13(18)11-14/h4-6,8,10-12,16H,2-3,7,9,19H2,1H3/t12-,16+/m0/s1. The Labute approximate surface area is 134 Å². The van der Waals surface area contributed by atoms with E-state index in [1.165, 1.54) is 16.8 Å². The lowest BCUT2D eigenvalue weighted by Gasteiger charge is -2.37. The minimum atomic E-state index is -0.334. The SMILES string of the molecule is C[C@H](N)[C@H]1CCCCN1C(=O)c1ccn(-c2cccc(F)c2)n1. The Balaban J connectivity index is 1.83. The van der Waals surface area contributed by atoms with Crippen molar-refractivity contribution in [1.29, 1.82) is 0 Å². The van der Waals surface area contributed by atoms with Crippen LogP contribution in [0.25, 0.3) is 5.69 Å². The number of aromatic nitrogens is 2. The van der Waals surface area contributed by atoms with E-state index < -0.39 is 0 Å². The van der Waals surface area contributed by atoms with Crippen LogP contribution in [0.2, 0.25) is 0 Å². The number of nitrogens with two attached hydrogens (primary N) is 1. The minimum absolute atomic E-state index is 0.0515. The maximum Gasteiger partial charge on any atom is 0.274 e. The van der Waals surface area contributed by atoms with Crippen molar-refractivity contribution < 1.29 is 9.18 Å². The van der Waals surface area contributed by atoms with Crippen molar-refractivity contribution in [3.8, 4) is 5.69 Å². The largest absolute Gasteiger partial charge is 0.333 e. The van der Waals surface area contributed by atoms with Gasteiger partial charge in [0.15, 0.2) is 5.69 Å². The molecule has 0 unspecified atom stereocenters. The van der Waals surface area contributed by atoms with Gasteiger partial charge in [0, 0.05) is 24.8 Å². The quantitative estimate of drug-likeness (QED) is 0.945. The predicted octanol–water partition coefficient (Wildman–Crippen LogP) is 2.35. The first-order valence-electron chi connectivity index (χ1n) is 7.94. The van der Waals surface area contributed by atoms with Crippen LogP contribution in [0.1, 0.15) is 36.7 Å². The lowest BCUT2D eigenvalue weighted by atomic mass is 9.96. The van der Waals surface area contributed by atoms with Gasteiger partial charge in [-0.25, -0.2) is 9.07 Å². The summed E-state index contributed by atoms with van der Waals surface area (Å²) in [5, 5.41) is 4.31. The Morgan fingerprint density at radius 2 is 2.22 bits per heavy atom. The first-order valence-corrected chi connectivity index (χ1v) is 7.94. The van der Waals surface area contributed by atoms with Crippen LogP contribution in [-0.2, 0) is 0 Å². The highest BCUT2D eigenvalue weighted by atomic mass is 19.1. The van der Waals surface area contributed by atoms with Crippen LogP contribution < -0.4 is 5.73 Å². The summed E-state index contributed by atoms with van der Waals surface area (Å²) in [7, 11) is 0. The summed E-state index contributed by atoms with van der Waals surface area (Å²) in [5.41, 5.74) is 6.98. The van der Waals surface area contributed by atoms with E-state index in [9.17, 15) is 9.18 Å². The van der Waals surface area contributed by atoms with Crippen molar-refractivity contribution in [2.75, 3.05) is 6.54 Å². The van der Waals surface area contributed by atoms with Gasteiger partial charge in [-0.15, -0.1) is 0 Å². The van der Waals surface area contributed by atoms with Gasteiger partial charge in [0.05, 0.1) is 5.69 Å². The molecule has 1 aromatic heterocycles. The number of hydrogen-bond donors (Lipinski definition) is 1. The van der Waals surface area contributed by atoms with Crippen LogP contribution >= 0.6 is 0 Å². The molecule has 3 rings (SSSR count). The van der Waals surface area contributed by atoms with E-state index in [4.69, 9.17) is 5.73 Å². The molecule has 1 amide bonds. The Morgan fingerprint density at radius 1 is 1.39 bits per heavy atom. The monoisotopic (exact) mass is 316 g/mol. The van der Waals surface area contributed by atoms with Gasteiger partial charge in [-0.3, -0.25) is 4.79 Å². The molecule has 2 N–H and O–H groups in total. The maximum absolute atomic E-state index is 13.3. The zero-order chi connectivity index (χ0) is 16.4. The van der Waals surface area contributed by atoms with Gasteiger partial charge in [-0.2, -0.15) is 5.10 Å². The summed E-state index contributed by atoms with van der Waals surface area (Å²) in [6.07, 6.45) is 4.67. The predicted molar refractivity (Wildman–Crippen MR) is 85.8 cm³/mol. The van der Waals surface area contributed by atoms with Crippen LogP contribution in [0.15, 0.2) is 36.5 Å². The molecular weight excluding hydrogens is 295 g/mol. The third kappa shape index (κ3) is 3.27. The first-order chi connectivity index (χ1) is 11.1. The Kier molecular flexibility index (Phi) is 4.43. The molecule has 2 aromatic rings. The number of likely N-dealkylation sites (tertiary alicyclic amines) is 1. The van der Waals surface area contributed by atoms with E-state index in [2.05, 4.69) is 5.10 Å². The van der Waals surface area contributed by atoms with Gasteiger partial charge < -0.3 is 10.6 Å². The summed E-state index contributed by atoms with van der Waals surface area (Å²) < 4.78 is 14.8. The smallest absolute Gasteiger partial charge is 0.274 e. The molecule has 1 aliphatic heterocycles. The maximum atomic E-state index is 13.3. The number of benzene rings is 1. The average Bonchev–Trinajstić information content (AvgIpc) is 3.04. The first kappa shape index (κ1) is 15.7. The van der Waals surface area contributed by atoms with Gasteiger partial charge in [0.25, 0.3) is 5.91 Å². The number of hydrogen-bond acceptors (Lipinski definition) is 3. The summed E-state index contributed by atoms with van der Waals surface area (Å²) >= 11 is 0. The number of rotatable bonds is 3. The molecule has 5 nitrogen and oxygen atoms in total. The Hall–Kier alpha value is -2.21. The lowest BCUT2D eigenvalue weighted by Crippen LogP contribution is -2.51.